The molecule has 4 rings (SSSR count). The van der Waals surface area contributed by atoms with Gasteiger partial charge in [-0.2, -0.15) is 5.10 Å². The van der Waals surface area contributed by atoms with Gasteiger partial charge in [0.1, 0.15) is 0 Å². The van der Waals surface area contributed by atoms with Crippen LogP contribution in [0.5, 0.6) is 0 Å². The van der Waals surface area contributed by atoms with Crippen LogP contribution in [0, 0.1) is 0 Å². The summed E-state index contributed by atoms with van der Waals surface area (Å²) in [5, 5.41) is 7.14. The predicted molar refractivity (Wildman–Crippen MR) is 110 cm³/mol. The molecule has 0 atom stereocenters. The Morgan fingerprint density at radius 2 is 1.90 bits per heavy atom. The number of benzene rings is 2. The molecule has 2 aromatic heterocycles. The maximum Gasteiger partial charge on any atom is 0.419 e. The summed E-state index contributed by atoms with van der Waals surface area (Å²) in [5.74, 6) is -0.399. The average molecular weight is 390 g/mol. The first-order chi connectivity index (χ1) is 14.2. The maximum absolute atomic E-state index is 12.1. The van der Waals surface area contributed by atoms with Crippen LogP contribution in [-0.2, 0) is 17.8 Å². The highest BCUT2D eigenvalue weighted by molar-refractivity contribution is 5.76. The number of aromatic nitrogens is 3. The van der Waals surface area contributed by atoms with Crippen LogP contribution in [0.3, 0.4) is 0 Å². The topological polar surface area (TPSA) is 82.1 Å². The number of carbonyl (C=O) groups excluding carboxylic acids is 1. The van der Waals surface area contributed by atoms with Gasteiger partial charge in [-0.25, -0.2) is 9.48 Å². The summed E-state index contributed by atoms with van der Waals surface area (Å²) in [4.78, 5) is 24.0. The minimum Gasteiger partial charge on any atom is -0.408 e. The van der Waals surface area contributed by atoms with E-state index in [1.54, 1.807) is 21.5 Å². The minimum atomic E-state index is -0.384. The fourth-order valence-electron chi connectivity index (χ4n) is 3.29. The van der Waals surface area contributed by atoms with E-state index in [2.05, 4.69) is 10.4 Å². The van der Waals surface area contributed by atoms with Crippen molar-refractivity contribution in [2.45, 2.75) is 25.8 Å². The van der Waals surface area contributed by atoms with Crippen molar-refractivity contribution in [1.82, 2.24) is 19.7 Å². The van der Waals surface area contributed by atoms with E-state index in [9.17, 15) is 9.59 Å². The predicted octanol–water partition coefficient (Wildman–Crippen LogP) is 2.92. The van der Waals surface area contributed by atoms with Crippen molar-refractivity contribution in [3.8, 4) is 5.69 Å². The molecule has 7 heteroatoms. The molecular weight excluding hydrogens is 368 g/mol. The van der Waals surface area contributed by atoms with Crippen molar-refractivity contribution in [2.75, 3.05) is 6.54 Å². The second kappa shape index (κ2) is 8.60. The maximum atomic E-state index is 12.1. The Morgan fingerprint density at radius 1 is 1.07 bits per heavy atom. The monoisotopic (exact) mass is 390 g/mol. The molecule has 2 heterocycles. The molecule has 0 fully saturated rings. The molecule has 0 unspecified atom stereocenters. The molecular formula is C22H22N4O3. The van der Waals surface area contributed by atoms with E-state index in [4.69, 9.17) is 4.42 Å². The summed E-state index contributed by atoms with van der Waals surface area (Å²) >= 11 is 0. The van der Waals surface area contributed by atoms with Gasteiger partial charge in [-0.15, -0.1) is 0 Å². The minimum absolute atomic E-state index is 0.0148. The summed E-state index contributed by atoms with van der Waals surface area (Å²) in [6.07, 6.45) is 5.35. The number of oxazole rings is 1. The normalized spacial score (nSPS) is 11.0. The van der Waals surface area contributed by atoms with E-state index >= 15 is 0 Å². The van der Waals surface area contributed by atoms with E-state index in [-0.39, 0.29) is 11.7 Å². The molecule has 7 nitrogen and oxygen atoms in total. The van der Waals surface area contributed by atoms with Crippen LogP contribution in [0.4, 0.5) is 0 Å². The number of nitrogens with one attached hydrogen (secondary N) is 1. The number of para-hydroxylation sites is 2. The second-order valence-electron chi connectivity index (χ2n) is 6.81. The molecule has 2 aromatic carbocycles. The van der Waals surface area contributed by atoms with Crippen LogP contribution >= 0.6 is 0 Å². The first-order valence-corrected chi connectivity index (χ1v) is 9.65. The molecule has 1 amide bonds. The van der Waals surface area contributed by atoms with Crippen LogP contribution in [0.15, 0.2) is 76.2 Å². The lowest BCUT2D eigenvalue weighted by atomic mass is 10.1. The first-order valence-electron chi connectivity index (χ1n) is 9.65. The Labute approximate surface area is 167 Å². The van der Waals surface area contributed by atoms with E-state index in [0.29, 0.717) is 31.5 Å². The summed E-state index contributed by atoms with van der Waals surface area (Å²) < 4.78 is 8.58. The van der Waals surface area contributed by atoms with Crippen molar-refractivity contribution < 1.29 is 9.21 Å². The fourth-order valence-corrected chi connectivity index (χ4v) is 3.29. The highest BCUT2D eigenvalue weighted by atomic mass is 16.4. The van der Waals surface area contributed by atoms with Gasteiger partial charge in [-0.1, -0.05) is 24.3 Å². The SMILES string of the molecule is O=C(CCCn1c(=O)oc2ccccc21)NCCc1ccc(-n2cccn2)cc1. The molecule has 0 aliphatic rings. The van der Waals surface area contributed by atoms with Crippen LogP contribution < -0.4 is 11.1 Å². The van der Waals surface area contributed by atoms with E-state index in [0.717, 1.165) is 23.2 Å². The van der Waals surface area contributed by atoms with Crippen LogP contribution in [0.1, 0.15) is 18.4 Å². The summed E-state index contributed by atoms with van der Waals surface area (Å²) in [5.41, 5.74) is 3.49. The fraction of sp³-hybridized carbons (Fsp3) is 0.227. The molecule has 29 heavy (non-hydrogen) atoms. The van der Waals surface area contributed by atoms with Gasteiger partial charge in [-0.3, -0.25) is 9.36 Å². The van der Waals surface area contributed by atoms with Gasteiger partial charge in [-0.05, 0) is 48.7 Å². The van der Waals surface area contributed by atoms with Gasteiger partial charge in [0.15, 0.2) is 5.58 Å². The lowest BCUT2D eigenvalue weighted by Crippen LogP contribution is -2.26. The molecule has 0 bridgehead atoms. The Balaban J connectivity index is 1.21. The Morgan fingerprint density at radius 3 is 2.69 bits per heavy atom. The molecule has 0 aliphatic heterocycles. The van der Waals surface area contributed by atoms with Gasteiger partial charge in [0.25, 0.3) is 0 Å². The smallest absolute Gasteiger partial charge is 0.408 e. The molecule has 0 radical (unpaired) electrons. The molecule has 0 spiro atoms. The number of amides is 1. The third-order valence-corrected chi connectivity index (χ3v) is 4.80. The van der Waals surface area contributed by atoms with Crippen molar-refractivity contribution in [2.24, 2.45) is 0 Å². The number of carbonyl (C=O) groups is 1. The summed E-state index contributed by atoms with van der Waals surface area (Å²) in [6, 6.07) is 17.3. The number of hydrogen-bond acceptors (Lipinski definition) is 4. The zero-order valence-corrected chi connectivity index (χ0v) is 16.0. The standard InChI is InChI=1S/C22H22N4O3/c27-21(7-3-15-25-19-5-1-2-6-20(19)29-22(25)28)23-14-12-17-8-10-18(11-9-17)26-16-4-13-24-26/h1-2,4-6,8-11,13,16H,3,7,12,14-15H2,(H,23,27). The summed E-state index contributed by atoms with van der Waals surface area (Å²) in [6.45, 7) is 1.03. The molecule has 0 saturated carbocycles. The number of nitrogens with zero attached hydrogens (tertiary/aromatic N) is 3. The lowest BCUT2D eigenvalue weighted by Gasteiger charge is -2.07. The van der Waals surface area contributed by atoms with Gasteiger partial charge in [0.2, 0.25) is 5.91 Å². The largest absolute Gasteiger partial charge is 0.419 e. The van der Waals surface area contributed by atoms with Gasteiger partial charge in [0.05, 0.1) is 11.2 Å². The molecule has 0 saturated heterocycles. The van der Waals surface area contributed by atoms with E-state index < -0.39 is 0 Å². The highest BCUT2D eigenvalue weighted by Crippen LogP contribution is 2.12. The zero-order chi connectivity index (χ0) is 20.1. The third kappa shape index (κ3) is 4.45. The van der Waals surface area contributed by atoms with Crippen LogP contribution in [0.25, 0.3) is 16.8 Å². The molecule has 0 aliphatic carbocycles. The molecule has 1 N–H and O–H groups in total. The van der Waals surface area contributed by atoms with Crippen molar-refractivity contribution in [3.63, 3.8) is 0 Å². The number of fused-ring (bicyclic) bond motifs is 1. The molecule has 4 aromatic rings. The van der Waals surface area contributed by atoms with Crippen molar-refractivity contribution >= 4 is 17.0 Å². The highest BCUT2D eigenvalue weighted by Gasteiger charge is 2.09. The number of hydrogen-bond donors (Lipinski definition) is 1. The van der Waals surface area contributed by atoms with Gasteiger partial charge in [0, 0.05) is 31.9 Å². The zero-order valence-electron chi connectivity index (χ0n) is 16.0. The van der Waals surface area contributed by atoms with E-state index in [1.807, 2.05) is 54.7 Å². The quantitative estimate of drug-likeness (QED) is 0.502. The van der Waals surface area contributed by atoms with Gasteiger partial charge < -0.3 is 9.73 Å². The Hall–Kier alpha value is -3.61. The van der Waals surface area contributed by atoms with E-state index in [1.165, 1.54) is 0 Å². The number of rotatable bonds is 8. The van der Waals surface area contributed by atoms with Crippen LogP contribution in [0.2, 0.25) is 0 Å². The average Bonchev–Trinajstić information content (AvgIpc) is 3.37. The van der Waals surface area contributed by atoms with Gasteiger partial charge >= 0.3 is 5.76 Å². The number of aryl methyl sites for hydroxylation is 1. The Bertz CT molecular complexity index is 1140. The molecule has 148 valence electrons. The third-order valence-electron chi connectivity index (χ3n) is 4.80. The first kappa shape index (κ1) is 18.7. The van der Waals surface area contributed by atoms with Crippen molar-refractivity contribution in [1.29, 1.82) is 0 Å². The van der Waals surface area contributed by atoms with Crippen molar-refractivity contribution in [3.05, 3.63) is 83.1 Å². The Kier molecular flexibility index (Phi) is 5.56. The lowest BCUT2D eigenvalue weighted by molar-refractivity contribution is -0.121. The second-order valence-corrected chi connectivity index (χ2v) is 6.81. The summed E-state index contributed by atoms with van der Waals surface area (Å²) in [7, 11) is 0. The van der Waals surface area contributed by atoms with Crippen LogP contribution in [-0.4, -0.2) is 26.8 Å².